The van der Waals surface area contributed by atoms with E-state index in [4.69, 9.17) is 30.2 Å². The minimum absolute atomic E-state index is 0.463. The molecule has 0 aliphatic heterocycles. The first-order valence-electron chi connectivity index (χ1n) is 23.6. The third-order valence-corrected chi connectivity index (χ3v) is 19.0. The van der Waals surface area contributed by atoms with E-state index in [9.17, 15) is 0 Å². The van der Waals surface area contributed by atoms with E-state index < -0.39 is 0 Å². The van der Waals surface area contributed by atoms with Gasteiger partial charge < -0.3 is 0 Å². The lowest BCUT2D eigenvalue weighted by molar-refractivity contribution is 0.635. The van der Waals surface area contributed by atoms with E-state index in [1.807, 2.05) is 60.6 Å². The summed E-state index contributed by atoms with van der Waals surface area (Å²) >= 11 is 19.4. The van der Waals surface area contributed by atoms with E-state index in [-0.39, 0.29) is 0 Å². The molecule has 366 valence electrons. The SMILES string of the molecule is CCC(CC)c1c(Br)c(C)nn2c(-c3sc(C)nc3Br)c(C)nc12.CCC(CC)c1cc(C)nn2c(-c3sc(C)nc3Br)c(C)nc12.CCC(CC)c1cc(C)nn2c(-c3scnc3Br)c(C)nc12. The summed E-state index contributed by atoms with van der Waals surface area (Å²) < 4.78 is 9.68. The van der Waals surface area contributed by atoms with Crippen molar-refractivity contribution in [1.82, 2.24) is 58.7 Å². The first-order chi connectivity index (χ1) is 32.9. The third-order valence-electron chi connectivity index (χ3n) is 12.7. The maximum atomic E-state index is 4.89. The van der Waals surface area contributed by atoms with Gasteiger partial charge in [-0.25, -0.2) is 43.5 Å². The van der Waals surface area contributed by atoms with Crippen LogP contribution in [0.5, 0.6) is 0 Å². The first kappa shape index (κ1) is 53.5. The van der Waals surface area contributed by atoms with E-state index >= 15 is 0 Å². The van der Waals surface area contributed by atoms with Crippen LogP contribution < -0.4 is 0 Å². The highest BCUT2D eigenvalue weighted by atomic mass is 79.9. The number of rotatable bonds is 12. The van der Waals surface area contributed by atoms with Gasteiger partial charge in [0.05, 0.1) is 64.3 Å². The third kappa shape index (κ3) is 10.6. The molecule has 9 aromatic rings. The van der Waals surface area contributed by atoms with Crippen LogP contribution >= 0.6 is 97.7 Å². The summed E-state index contributed by atoms with van der Waals surface area (Å²) in [6.45, 7) is 29.7. The van der Waals surface area contributed by atoms with Gasteiger partial charge in [0.25, 0.3) is 0 Å². The summed E-state index contributed by atoms with van der Waals surface area (Å²) in [7, 11) is 0. The molecule has 0 amide bonds. The van der Waals surface area contributed by atoms with Gasteiger partial charge in [-0.15, -0.1) is 34.0 Å². The van der Waals surface area contributed by atoms with Crippen molar-refractivity contribution in [3.05, 3.63) is 96.8 Å². The average molecular weight is 1240 g/mol. The molecule has 9 aromatic heterocycles. The summed E-state index contributed by atoms with van der Waals surface area (Å²) in [6, 6.07) is 4.38. The van der Waals surface area contributed by atoms with Crippen LogP contribution in [0.15, 0.2) is 35.9 Å². The maximum Gasteiger partial charge on any atom is 0.159 e. The predicted octanol–water partition coefficient (Wildman–Crippen LogP) is 16.8. The van der Waals surface area contributed by atoms with Crippen molar-refractivity contribution < 1.29 is 0 Å². The zero-order valence-corrected chi connectivity index (χ0v) is 50.6. The monoisotopic (exact) mass is 1240 g/mol. The van der Waals surface area contributed by atoms with Gasteiger partial charge in [-0.1, -0.05) is 41.5 Å². The molecule has 9 rings (SSSR count). The molecule has 69 heavy (non-hydrogen) atoms. The van der Waals surface area contributed by atoms with Crippen molar-refractivity contribution >= 4 is 115 Å². The molecule has 0 bridgehead atoms. The average Bonchev–Trinajstić information content (AvgIpc) is 4.16. The van der Waals surface area contributed by atoms with Gasteiger partial charge in [0.15, 0.2) is 16.9 Å². The smallest absolute Gasteiger partial charge is 0.159 e. The van der Waals surface area contributed by atoms with Gasteiger partial charge in [0.2, 0.25) is 0 Å². The Morgan fingerprint density at radius 3 is 1.22 bits per heavy atom. The number of imidazole rings is 3. The molecule has 0 radical (unpaired) electrons. The van der Waals surface area contributed by atoms with Gasteiger partial charge in [0.1, 0.15) is 30.9 Å². The maximum absolute atomic E-state index is 4.89. The first-order valence-corrected chi connectivity index (χ1v) is 29.2. The number of thiazole rings is 3. The molecule has 0 aliphatic carbocycles. The van der Waals surface area contributed by atoms with Crippen LogP contribution in [0.2, 0.25) is 0 Å². The lowest BCUT2D eigenvalue weighted by atomic mass is 9.94. The number of aryl methyl sites for hydroxylation is 8. The Morgan fingerprint density at radius 1 is 0.464 bits per heavy atom. The van der Waals surface area contributed by atoms with Crippen molar-refractivity contribution in [3.63, 3.8) is 0 Å². The lowest BCUT2D eigenvalue weighted by Gasteiger charge is -2.17. The Labute approximate surface area is 451 Å². The van der Waals surface area contributed by atoms with Crippen LogP contribution in [-0.4, -0.2) is 58.7 Å². The minimum Gasteiger partial charge on any atom is -0.237 e. The highest BCUT2D eigenvalue weighted by Crippen LogP contribution is 2.42. The molecule has 12 nitrogen and oxygen atoms in total. The molecule has 0 saturated heterocycles. The van der Waals surface area contributed by atoms with Gasteiger partial charge in [-0.2, -0.15) is 15.3 Å². The second-order valence-corrected chi connectivity index (χ2v) is 23.7. The Kier molecular flexibility index (Phi) is 17.5. The summed E-state index contributed by atoms with van der Waals surface area (Å²) in [5, 5.41) is 16.3. The van der Waals surface area contributed by atoms with E-state index in [2.05, 4.69) is 146 Å². The van der Waals surface area contributed by atoms with Crippen LogP contribution in [-0.2, 0) is 0 Å². The summed E-state index contributed by atoms with van der Waals surface area (Å²) in [4.78, 5) is 31.1. The minimum atomic E-state index is 0.463. The Hall–Kier alpha value is -3.33. The van der Waals surface area contributed by atoms with E-state index in [1.165, 1.54) is 16.7 Å². The normalized spacial score (nSPS) is 11.8. The molecule has 0 fully saturated rings. The fraction of sp³-hybridized carbons (Fsp3) is 0.460. The van der Waals surface area contributed by atoms with Crippen LogP contribution in [0.3, 0.4) is 0 Å². The van der Waals surface area contributed by atoms with Crippen molar-refractivity contribution in [2.45, 2.75) is 153 Å². The topological polar surface area (TPSA) is 129 Å². The Balaban J connectivity index is 0.000000153. The van der Waals surface area contributed by atoms with Crippen molar-refractivity contribution in [2.24, 2.45) is 0 Å². The van der Waals surface area contributed by atoms with Crippen molar-refractivity contribution in [1.29, 1.82) is 0 Å². The number of hydrogen-bond acceptors (Lipinski definition) is 12. The molecule has 0 saturated carbocycles. The molecule has 0 atom stereocenters. The van der Waals surface area contributed by atoms with Crippen molar-refractivity contribution in [2.75, 3.05) is 0 Å². The number of nitrogens with zero attached hydrogens (tertiary/aromatic N) is 12. The van der Waals surface area contributed by atoms with Crippen molar-refractivity contribution in [3.8, 4) is 31.7 Å². The number of fused-ring (bicyclic) bond motifs is 3. The van der Waals surface area contributed by atoms with Crippen LogP contribution in [0.1, 0.15) is 159 Å². The molecule has 0 aliphatic rings. The fourth-order valence-electron chi connectivity index (χ4n) is 9.21. The van der Waals surface area contributed by atoms with Gasteiger partial charge in [-0.05, 0) is 188 Å². The molecular formula is C50H60Br4N12S3. The molecule has 0 aromatic carbocycles. The Bertz CT molecular complexity index is 3270. The van der Waals surface area contributed by atoms with Crippen LogP contribution in [0.4, 0.5) is 0 Å². The quantitative estimate of drug-likeness (QED) is 0.117. The second-order valence-electron chi connectivity index (χ2n) is 17.4. The highest BCUT2D eigenvalue weighted by Gasteiger charge is 2.27. The van der Waals surface area contributed by atoms with Gasteiger partial charge in [-0.3, -0.25) is 0 Å². The Morgan fingerprint density at radius 2 is 0.855 bits per heavy atom. The molecule has 19 heteroatoms. The van der Waals surface area contributed by atoms with Crippen LogP contribution in [0.25, 0.3) is 48.7 Å². The lowest BCUT2D eigenvalue weighted by Crippen LogP contribution is -2.07. The molecular weight excluding hydrogens is 1180 g/mol. The standard InChI is InChI=1S/C17H20Br2N4S.C17H21BrN4S.C16H19BrN4S/c1-6-11(7-2)12-13(18)8(3)22-23-14(9(4)20-17(12)23)15-16(19)21-10(5)24-15;1-6-12(7-2)13-8-9(3)21-22-14(10(4)19-17(13)22)15-16(18)20-11(5)23-15;1-5-11(6-2)12-7-9(3)20-21-13(10(4)19-16(12)21)14-15(17)18-8-22-14/h11H,6-7H2,1-5H3;8,12H,6-7H2,1-5H3;7-8,11H,5-6H2,1-4H3. The molecule has 0 unspecified atom stereocenters. The van der Waals surface area contributed by atoms with E-state index in [0.717, 1.165) is 150 Å². The van der Waals surface area contributed by atoms with E-state index in [0.29, 0.717) is 17.8 Å². The molecule has 9 heterocycles. The predicted molar refractivity (Wildman–Crippen MR) is 301 cm³/mol. The van der Waals surface area contributed by atoms with Gasteiger partial charge >= 0.3 is 0 Å². The summed E-state index contributed by atoms with van der Waals surface area (Å²) in [6.07, 6.45) is 6.61. The fourth-order valence-corrected chi connectivity index (χ4v) is 14.7. The highest BCUT2D eigenvalue weighted by molar-refractivity contribution is 9.11. The van der Waals surface area contributed by atoms with E-state index in [1.54, 1.807) is 34.0 Å². The second kappa shape index (κ2) is 22.6. The zero-order valence-electron chi connectivity index (χ0n) is 41.8. The molecule has 0 N–H and O–H groups in total. The molecule has 0 spiro atoms. The number of aromatic nitrogens is 12. The largest absolute Gasteiger partial charge is 0.237 e. The summed E-state index contributed by atoms with van der Waals surface area (Å²) in [5.74, 6) is 1.49. The summed E-state index contributed by atoms with van der Waals surface area (Å²) in [5.41, 5.74) is 17.7. The van der Waals surface area contributed by atoms with Gasteiger partial charge in [0, 0.05) is 21.2 Å². The number of halogens is 4. The number of hydrogen-bond donors (Lipinski definition) is 0. The van der Waals surface area contributed by atoms with Crippen LogP contribution in [0, 0.1) is 55.4 Å². The zero-order chi connectivity index (χ0) is 50.2.